The van der Waals surface area contributed by atoms with Crippen molar-refractivity contribution in [2.75, 3.05) is 18.5 Å². The molecule has 1 amide bonds. The fourth-order valence-corrected chi connectivity index (χ4v) is 2.71. The quantitative estimate of drug-likeness (QED) is 0.769. The zero-order valence-electron chi connectivity index (χ0n) is 14.1. The number of aromatic nitrogens is 1. The maximum Gasteiger partial charge on any atom is 0.228 e. The monoisotopic (exact) mass is 392 g/mol. The molecule has 1 aromatic heterocycles. The average Bonchev–Trinajstić information content (AvgIpc) is 2.52. The summed E-state index contributed by atoms with van der Waals surface area (Å²) in [5, 5.41) is 2.88. The highest BCUT2D eigenvalue weighted by molar-refractivity contribution is 9.10. The molecule has 0 atom stereocenters. The van der Waals surface area contributed by atoms with Crippen LogP contribution in [0.15, 0.2) is 34.9 Å². The molecule has 0 radical (unpaired) electrons. The molecule has 0 saturated carbocycles. The van der Waals surface area contributed by atoms with Crippen molar-refractivity contribution in [1.29, 1.82) is 0 Å². The van der Waals surface area contributed by atoms with Crippen LogP contribution in [-0.2, 0) is 11.2 Å². The van der Waals surface area contributed by atoms with E-state index >= 15 is 0 Å². The molecule has 6 heteroatoms. The second-order valence-electron chi connectivity index (χ2n) is 5.17. The van der Waals surface area contributed by atoms with Gasteiger partial charge in [0.15, 0.2) is 11.5 Å². The molecule has 0 aliphatic rings. The van der Waals surface area contributed by atoms with E-state index in [-0.39, 0.29) is 12.3 Å². The second-order valence-corrected chi connectivity index (χ2v) is 6.02. The van der Waals surface area contributed by atoms with E-state index in [0.29, 0.717) is 24.7 Å². The minimum atomic E-state index is -0.104. The fraction of sp³-hybridized carbons (Fsp3) is 0.333. The number of rotatable bonds is 7. The molecule has 1 heterocycles. The normalized spacial score (nSPS) is 10.3. The molecule has 0 bridgehead atoms. The first kappa shape index (κ1) is 18.3. The molecule has 2 aromatic rings. The van der Waals surface area contributed by atoms with Gasteiger partial charge in [-0.3, -0.25) is 9.78 Å². The van der Waals surface area contributed by atoms with Gasteiger partial charge >= 0.3 is 0 Å². The van der Waals surface area contributed by atoms with Crippen molar-refractivity contribution in [1.82, 2.24) is 4.98 Å². The molecule has 2 rings (SSSR count). The molecule has 1 N–H and O–H groups in total. The van der Waals surface area contributed by atoms with Crippen LogP contribution in [0.1, 0.15) is 25.1 Å². The Bertz CT molecular complexity index is 719. The highest BCUT2D eigenvalue weighted by Crippen LogP contribution is 2.34. The topological polar surface area (TPSA) is 60.5 Å². The molecule has 0 fully saturated rings. The molecule has 5 nitrogen and oxygen atoms in total. The Kier molecular flexibility index (Phi) is 6.61. The largest absolute Gasteiger partial charge is 0.490 e. The number of benzene rings is 1. The van der Waals surface area contributed by atoms with E-state index in [1.54, 1.807) is 12.3 Å². The van der Waals surface area contributed by atoms with Gasteiger partial charge in [-0.25, -0.2) is 0 Å². The van der Waals surface area contributed by atoms with Crippen LogP contribution in [0.2, 0.25) is 0 Å². The predicted octanol–water partition coefficient (Wildman–Crippen LogP) is 4.13. The number of carbonyl (C=O) groups is 1. The summed E-state index contributed by atoms with van der Waals surface area (Å²) in [4.78, 5) is 16.4. The zero-order valence-corrected chi connectivity index (χ0v) is 15.6. The number of ether oxygens (including phenoxy) is 2. The number of amides is 1. The molecule has 24 heavy (non-hydrogen) atoms. The van der Waals surface area contributed by atoms with E-state index in [1.165, 1.54) is 0 Å². The van der Waals surface area contributed by atoms with Crippen molar-refractivity contribution in [2.24, 2.45) is 0 Å². The maximum absolute atomic E-state index is 12.3. The van der Waals surface area contributed by atoms with Gasteiger partial charge in [0, 0.05) is 22.1 Å². The number of halogens is 1. The Hall–Kier alpha value is -2.08. The molecular formula is C18H21BrN2O3. The first-order valence-corrected chi connectivity index (χ1v) is 8.63. The lowest BCUT2D eigenvalue weighted by Gasteiger charge is -2.14. The lowest BCUT2D eigenvalue weighted by molar-refractivity contribution is -0.115. The van der Waals surface area contributed by atoms with Crippen LogP contribution >= 0.6 is 15.9 Å². The first-order valence-electron chi connectivity index (χ1n) is 7.84. The average molecular weight is 393 g/mol. The number of hydrogen-bond acceptors (Lipinski definition) is 4. The Morgan fingerprint density at radius 3 is 2.46 bits per heavy atom. The summed E-state index contributed by atoms with van der Waals surface area (Å²) >= 11 is 3.50. The van der Waals surface area contributed by atoms with Gasteiger partial charge in [0.1, 0.15) is 0 Å². The van der Waals surface area contributed by atoms with Crippen LogP contribution in [0.25, 0.3) is 0 Å². The Morgan fingerprint density at radius 1 is 1.17 bits per heavy atom. The fourth-order valence-electron chi connectivity index (χ4n) is 2.25. The third-order valence-corrected chi connectivity index (χ3v) is 3.98. The first-order chi connectivity index (χ1) is 11.5. The number of carbonyl (C=O) groups excluding carboxylic acids is 1. The van der Waals surface area contributed by atoms with Crippen molar-refractivity contribution in [3.8, 4) is 11.5 Å². The Labute approximate surface area is 150 Å². The van der Waals surface area contributed by atoms with Crippen LogP contribution in [0, 0.1) is 6.92 Å². The van der Waals surface area contributed by atoms with Crippen molar-refractivity contribution >= 4 is 27.5 Å². The third-order valence-electron chi connectivity index (χ3n) is 3.24. The van der Waals surface area contributed by atoms with Gasteiger partial charge in [-0.05, 0) is 50.6 Å². The highest BCUT2D eigenvalue weighted by Gasteiger charge is 2.13. The molecule has 0 aliphatic carbocycles. The van der Waals surface area contributed by atoms with Crippen LogP contribution in [0.3, 0.4) is 0 Å². The standard InChI is InChI=1S/C18H21BrN2O3/c1-4-23-16-9-13(15(19)11-17(16)24-5-2)10-18(22)21-14-6-7-20-12(3)8-14/h6-9,11H,4-5,10H2,1-3H3,(H,20,21,22). The summed E-state index contributed by atoms with van der Waals surface area (Å²) in [6, 6.07) is 7.28. The lowest BCUT2D eigenvalue weighted by Crippen LogP contribution is -2.15. The number of hydrogen-bond donors (Lipinski definition) is 1. The summed E-state index contributed by atoms with van der Waals surface area (Å²) in [7, 11) is 0. The highest BCUT2D eigenvalue weighted by atomic mass is 79.9. The van der Waals surface area contributed by atoms with E-state index in [9.17, 15) is 4.79 Å². The van der Waals surface area contributed by atoms with Gasteiger partial charge in [0.05, 0.1) is 19.6 Å². The lowest BCUT2D eigenvalue weighted by atomic mass is 10.1. The smallest absolute Gasteiger partial charge is 0.228 e. The molecule has 0 aliphatic heterocycles. The van der Waals surface area contributed by atoms with Crippen LogP contribution < -0.4 is 14.8 Å². The van der Waals surface area contributed by atoms with Gasteiger partial charge in [-0.2, -0.15) is 0 Å². The van der Waals surface area contributed by atoms with E-state index in [2.05, 4.69) is 26.2 Å². The van der Waals surface area contributed by atoms with E-state index < -0.39 is 0 Å². The van der Waals surface area contributed by atoms with Crippen LogP contribution in [0.4, 0.5) is 5.69 Å². The Balaban J connectivity index is 2.15. The summed E-state index contributed by atoms with van der Waals surface area (Å²) in [6.45, 7) is 6.79. The minimum Gasteiger partial charge on any atom is -0.490 e. The molecule has 0 spiro atoms. The molecule has 128 valence electrons. The van der Waals surface area contributed by atoms with Crippen molar-refractivity contribution in [3.63, 3.8) is 0 Å². The van der Waals surface area contributed by atoms with Crippen molar-refractivity contribution in [2.45, 2.75) is 27.2 Å². The molecule has 0 saturated heterocycles. The maximum atomic E-state index is 12.3. The molecule has 1 aromatic carbocycles. The summed E-state index contributed by atoms with van der Waals surface area (Å²) < 4.78 is 12.0. The van der Waals surface area contributed by atoms with Gasteiger partial charge in [-0.1, -0.05) is 15.9 Å². The SMILES string of the molecule is CCOc1cc(Br)c(CC(=O)Nc2ccnc(C)c2)cc1OCC. The van der Waals surface area contributed by atoms with E-state index in [1.807, 2.05) is 39.0 Å². The predicted molar refractivity (Wildman–Crippen MR) is 97.8 cm³/mol. The van der Waals surface area contributed by atoms with Gasteiger partial charge < -0.3 is 14.8 Å². The second kappa shape index (κ2) is 8.68. The van der Waals surface area contributed by atoms with E-state index in [4.69, 9.17) is 9.47 Å². The van der Waals surface area contributed by atoms with Gasteiger partial charge in [0.25, 0.3) is 0 Å². The van der Waals surface area contributed by atoms with Crippen molar-refractivity contribution in [3.05, 3.63) is 46.2 Å². The van der Waals surface area contributed by atoms with Gasteiger partial charge in [-0.15, -0.1) is 0 Å². The van der Waals surface area contributed by atoms with Crippen LogP contribution in [0.5, 0.6) is 11.5 Å². The summed E-state index contributed by atoms with van der Waals surface area (Å²) in [6.07, 6.45) is 1.90. The number of anilines is 1. The number of pyridine rings is 1. The summed E-state index contributed by atoms with van der Waals surface area (Å²) in [5.74, 6) is 1.21. The Morgan fingerprint density at radius 2 is 1.83 bits per heavy atom. The number of nitrogens with one attached hydrogen (secondary N) is 1. The number of aryl methyl sites for hydroxylation is 1. The van der Waals surface area contributed by atoms with E-state index in [0.717, 1.165) is 21.4 Å². The number of nitrogens with zero attached hydrogens (tertiary/aromatic N) is 1. The zero-order chi connectivity index (χ0) is 17.5. The summed E-state index contributed by atoms with van der Waals surface area (Å²) in [5.41, 5.74) is 2.43. The van der Waals surface area contributed by atoms with Crippen molar-refractivity contribution < 1.29 is 14.3 Å². The van der Waals surface area contributed by atoms with Gasteiger partial charge in [0.2, 0.25) is 5.91 Å². The van der Waals surface area contributed by atoms with Crippen LogP contribution in [-0.4, -0.2) is 24.1 Å². The third kappa shape index (κ3) is 4.96. The minimum absolute atomic E-state index is 0.104. The molecule has 0 unspecified atom stereocenters. The molecular weight excluding hydrogens is 372 g/mol.